The van der Waals surface area contributed by atoms with Crippen LogP contribution in [0.3, 0.4) is 0 Å². The van der Waals surface area contributed by atoms with Crippen LogP contribution in [0.5, 0.6) is 0 Å². The number of rotatable bonds is 3. The van der Waals surface area contributed by atoms with Gasteiger partial charge in [0.1, 0.15) is 5.78 Å². The Hall–Kier alpha value is -0.370. The molecule has 1 aliphatic heterocycles. The van der Waals surface area contributed by atoms with Gasteiger partial charge in [0, 0.05) is 30.5 Å². The molecule has 0 aromatic heterocycles. The van der Waals surface area contributed by atoms with Gasteiger partial charge in [-0.05, 0) is 26.7 Å². The minimum Gasteiger partial charge on any atom is -0.299 e. The minimum absolute atomic E-state index is 0.205. The lowest BCUT2D eigenvalue weighted by Crippen LogP contribution is -2.57. The second-order valence-electron chi connectivity index (χ2n) is 5.14. The summed E-state index contributed by atoms with van der Waals surface area (Å²) in [4.78, 5) is 14.2. The van der Waals surface area contributed by atoms with Crippen molar-refractivity contribution in [2.75, 3.05) is 6.54 Å². The van der Waals surface area contributed by atoms with Gasteiger partial charge < -0.3 is 0 Å². The van der Waals surface area contributed by atoms with E-state index < -0.39 is 0 Å². The first-order valence-corrected chi connectivity index (χ1v) is 6.25. The van der Waals surface area contributed by atoms with Gasteiger partial charge in [0.15, 0.2) is 0 Å². The summed E-state index contributed by atoms with van der Waals surface area (Å²) < 4.78 is 0. The zero-order valence-electron chi connectivity index (χ0n) is 10.8. The normalized spacial score (nSPS) is 29.5. The summed E-state index contributed by atoms with van der Waals surface area (Å²) in [5.74, 6) is 0.643. The Morgan fingerprint density at radius 3 is 2.33 bits per heavy atom. The van der Waals surface area contributed by atoms with Crippen LogP contribution >= 0.6 is 0 Å². The average Bonchev–Trinajstić information content (AvgIpc) is 2.25. The quantitative estimate of drug-likeness (QED) is 0.715. The Morgan fingerprint density at radius 2 is 1.87 bits per heavy atom. The lowest BCUT2D eigenvalue weighted by Gasteiger charge is -2.48. The van der Waals surface area contributed by atoms with E-state index in [1.165, 1.54) is 0 Å². The van der Waals surface area contributed by atoms with E-state index in [1.54, 1.807) is 0 Å². The first kappa shape index (κ1) is 12.7. The molecule has 1 fully saturated rings. The molecule has 2 heteroatoms. The van der Waals surface area contributed by atoms with E-state index in [0.29, 0.717) is 11.8 Å². The van der Waals surface area contributed by atoms with E-state index in [4.69, 9.17) is 0 Å². The number of hydrogen-bond donors (Lipinski definition) is 0. The Kier molecular flexibility index (Phi) is 3.93. The third-order valence-electron chi connectivity index (χ3n) is 4.54. The van der Waals surface area contributed by atoms with Crippen molar-refractivity contribution in [3.63, 3.8) is 0 Å². The summed E-state index contributed by atoms with van der Waals surface area (Å²) in [6, 6.07) is 0.399. The van der Waals surface area contributed by atoms with Crippen LogP contribution in [0.4, 0.5) is 0 Å². The largest absolute Gasteiger partial charge is 0.299 e. The SMILES string of the molecule is CCC(C)(CC)N1CCC(=O)C(C)C1C. The highest BCUT2D eigenvalue weighted by molar-refractivity contribution is 5.82. The number of likely N-dealkylation sites (tertiary alicyclic amines) is 1. The molecule has 2 atom stereocenters. The fourth-order valence-electron chi connectivity index (χ4n) is 2.62. The lowest BCUT2D eigenvalue weighted by molar-refractivity contribution is -0.130. The number of ketones is 1. The van der Waals surface area contributed by atoms with Gasteiger partial charge in [0.25, 0.3) is 0 Å². The first-order chi connectivity index (χ1) is 6.96. The van der Waals surface area contributed by atoms with Gasteiger partial charge in [-0.15, -0.1) is 0 Å². The van der Waals surface area contributed by atoms with E-state index >= 15 is 0 Å². The van der Waals surface area contributed by atoms with Crippen molar-refractivity contribution >= 4 is 5.78 Å². The van der Waals surface area contributed by atoms with E-state index in [1.807, 2.05) is 0 Å². The minimum atomic E-state index is 0.205. The van der Waals surface area contributed by atoms with Crippen LogP contribution in [0, 0.1) is 5.92 Å². The maximum absolute atomic E-state index is 11.6. The summed E-state index contributed by atoms with van der Waals surface area (Å²) in [7, 11) is 0. The van der Waals surface area contributed by atoms with Gasteiger partial charge in [-0.2, -0.15) is 0 Å². The predicted octanol–water partition coefficient (Wildman–Crippen LogP) is 2.86. The van der Waals surface area contributed by atoms with Gasteiger partial charge in [-0.1, -0.05) is 20.8 Å². The fourth-order valence-corrected chi connectivity index (χ4v) is 2.62. The average molecular weight is 211 g/mol. The van der Waals surface area contributed by atoms with Gasteiger partial charge in [0.2, 0.25) is 0 Å². The van der Waals surface area contributed by atoms with E-state index in [9.17, 15) is 4.79 Å². The van der Waals surface area contributed by atoms with Crippen LogP contribution in [0.2, 0.25) is 0 Å². The molecule has 0 N–H and O–H groups in total. The smallest absolute Gasteiger partial charge is 0.138 e. The number of carbonyl (C=O) groups excluding carboxylic acids is 1. The molecule has 0 radical (unpaired) electrons. The third kappa shape index (κ3) is 2.25. The van der Waals surface area contributed by atoms with Crippen LogP contribution in [0.1, 0.15) is 53.9 Å². The van der Waals surface area contributed by atoms with Crippen molar-refractivity contribution in [2.24, 2.45) is 5.92 Å². The third-order valence-corrected chi connectivity index (χ3v) is 4.54. The molecule has 15 heavy (non-hydrogen) atoms. The summed E-state index contributed by atoms with van der Waals surface area (Å²) in [5, 5.41) is 0. The molecular weight excluding hydrogens is 186 g/mol. The molecule has 88 valence electrons. The van der Waals surface area contributed by atoms with Crippen LogP contribution in [0.25, 0.3) is 0 Å². The molecular formula is C13H25NO. The number of carbonyl (C=O) groups is 1. The van der Waals surface area contributed by atoms with E-state index in [2.05, 4.69) is 39.5 Å². The number of nitrogens with zero attached hydrogens (tertiary/aromatic N) is 1. The summed E-state index contributed by atoms with van der Waals surface area (Å²) >= 11 is 0. The molecule has 0 bridgehead atoms. The van der Waals surface area contributed by atoms with Crippen molar-refractivity contribution < 1.29 is 4.79 Å². The Labute approximate surface area is 94.0 Å². The first-order valence-electron chi connectivity index (χ1n) is 6.25. The highest BCUT2D eigenvalue weighted by Crippen LogP contribution is 2.31. The zero-order chi connectivity index (χ0) is 11.6. The molecule has 1 rings (SSSR count). The molecule has 0 amide bonds. The molecule has 1 aliphatic rings. The second kappa shape index (κ2) is 4.65. The van der Waals surface area contributed by atoms with Gasteiger partial charge in [-0.3, -0.25) is 9.69 Å². The Morgan fingerprint density at radius 1 is 1.33 bits per heavy atom. The molecule has 2 unspecified atom stereocenters. The number of Topliss-reactive ketones (excluding diaryl/α,β-unsaturated/α-hetero) is 1. The van der Waals surface area contributed by atoms with Crippen molar-refractivity contribution in [2.45, 2.75) is 65.5 Å². The van der Waals surface area contributed by atoms with Crippen molar-refractivity contribution in [3.05, 3.63) is 0 Å². The highest BCUT2D eigenvalue weighted by atomic mass is 16.1. The molecule has 0 spiro atoms. The Bertz CT molecular complexity index is 233. The van der Waals surface area contributed by atoms with Gasteiger partial charge in [0.05, 0.1) is 0 Å². The zero-order valence-corrected chi connectivity index (χ0v) is 10.8. The predicted molar refractivity (Wildman–Crippen MR) is 63.9 cm³/mol. The number of piperidine rings is 1. The maximum Gasteiger partial charge on any atom is 0.138 e. The molecule has 1 heterocycles. The molecule has 0 aromatic carbocycles. The van der Waals surface area contributed by atoms with E-state index in [0.717, 1.165) is 25.8 Å². The molecule has 1 saturated heterocycles. The van der Waals surface area contributed by atoms with Crippen LogP contribution in [0.15, 0.2) is 0 Å². The fraction of sp³-hybridized carbons (Fsp3) is 0.923. The summed E-state index contributed by atoms with van der Waals surface area (Å²) in [5.41, 5.74) is 0.272. The van der Waals surface area contributed by atoms with Crippen molar-refractivity contribution in [1.82, 2.24) is 4.90 Å². The topological polar surface area (TPSA) is 20.3 Å². The van der Waals surface area contributed by atoms with Crippen LogP contribution < -0.4 is 0 Å². The Balaban J connectivity index is 2.83. The maximum atomic E-state index is 11.6. The molecule has 2 nitrogen and oxygen atoms in total. The summed E-state index contributed by atoms with van der Waals surface area (Å²) in [6.07, 6.45) is 3.06. The standard InChI is InChI=1S/C13H25NO/c1-6-13(5,7-2)14-9-8-12(15)10(3)11(14)4/h10-11H,6-9H2,1-5H3. The molecule has 0 aliphatic carbocycles. The van der Waals surface area contributed by atoms with E-state index in [-0.39, 0.29) is 11.5 Å². The monoisotopic (exact) mass is 211 g/mol. The second-order valence-corrected chi connectivity index (χ2v) is 5.14. The van der Waals surface area contributed by atoms with Crippen LogP contribution in [-0.2, 0) is 4.79 Å². The highest BCUT2D eigenvalue weighted by Gasteiger charge is 2.39. The number of hydrogen-bond acceptors (Lipinski definition) is 2. The van der Waals surface area contributed by atoms with Gasteiger partial charge in [-0.25, -0.2) is 0 Å². The van der Waals surface area contributed by atoms with Crippen LogP contribution in [-0.4, -0.2) is 28.8 Å². The molecule has 0 aromatic rings. The van der Waals surface area contributed by atoms with Crippen molar-refractivity contribution in [3.8, 4) is 0 Å². The lowest BCUT2D eigenvalue weighted by atomic mass is 9.83. The molecule has 0 saturated carbocycles. The van der Waals surface area contributed by atoms with Gasteiger partial charge >= 0.3 is 0 Å². The van der Waals surface area contributed by atoms with Crippen molar-refractivity contribution in [1.29, 1.82) is 0 Å². The summed E-state index contributed by atoms with van der Waals surface area (Å²) in [6.45, 7) is 12.0.